The third kappa shape index (κ3) is 2.30. The quantitative estimate of drug-likeness (QED) is 0.628. The van der Waals surface area contributed by atoms with E-state index in [1.807, 2.05) is 0 Å². The molecule has 0 saturated heterocycles. The zero-order valence-electron chi connectivity index (χ0n) is 8.70. The summed E-state index contributed by atoms with van der Waals surface area (Å²) >= 11 is 0. The van der Waals surface area contributed by atoms with Crippen LogP contribution in [-0.4, -0.2) is 6.54 Å². The van der Waals surface area contributed by atoms with E-state index in [-0.39, 0.29) is 29.6 Å². The summed E-state index contributed by atoms with van der Waals surface area (Å²) in [5.74, 6) is 0. The molecular weight excluding hydrogens is 181 g/mol. The van der Waals surface area contributed by atoms with Crippen molar-refractivity contribution in [3.05, 3.63) is 47.8 Å². The second-order valence-electron chi connectivity index (χ2n) is 2.97. The summed E-state index contributed by atoms with van der Waals surface area (Å²) in [6.45, 7) is 2.90. The Morgan fingerprint density at radius 1 is 1.00 bits per heavy atom. The van der Waals surface area contributed by atoms with E-state index in [1.165, 1.54) is 10.8 Å². The van der Waals surface area contributed by atoms with E-state index in [1.54, 1.807) is 0 Å². The van der Waals surface area contributed by atoms with Gasteiger partial charge in [-0.05, 0) is 10.8 Å². The Kier molecular flexibility index (Phi) is 4.46. The molecule has 0 spiro atoms. The molecule has 0 saturated carbocycles. The normalized spacial score (nSPS) is 9.50. The van der Waals surface area contributed by atoms with E-state index >= 15 is 0 Å². The SMILES string of the molecule is CC[N-]c1cccc2ccccc12.[Na+]. The Labute approximate surface area is 107 Å². The molecule has 0 radical (unpaired) electrons. The maximum atomic E-state index is 4.43. The monoisotopic (exact) mass is 193 g/mol. The fraction of sp³-hybridized carbons (Fsp3) is 0.167. The van der Waals surface area contributed by atoms with Crippen LogP contribution >= 0.6 is 0 Å². The van der Waals surface area contributed by atoms with Gasteiger partial charge in [-0.15, -0.1) is 12.2 Å². The fourth-order valence-electron chi connectivity index (χ4n) is 1.52. The molecule has 0 aliphatic heterocycles. The first-order valence-electron chi connectivity index (χ1n) is 4.57. The zero-order valence-corrected chi connectivity index (χ0v) is 10.7. The summed E-state index contributed by atoms with van der Waals surface area (Å²) in [7, 11) is 0. The molecule has 0 heterocycles. The molecule has 0 bridgehead atoms. The molecular formula is C12H12NNa. The van der Waals surface area contributed by atoms with Gasteiger partial charge in [0.25, 0.3) is 0 Å². The van der Waals surface area contributed by atoms with Gasteiger partial charge < -0.3 is 5.32 Å². The van der Waals surface area contributed by atoms with Gasteiger partial charge in [0.15, 0.2) is 0 Å². The molecule has 0 aliphatic rings. The Bertz CT molecular complexity index is 406. The van der Waals surface area contributed by atoms with Gasteiger partial charge in [-0.3, -0.25) is 0 Å². The van der Waals surface area contributed by atoms with E-state index in [9.17, 15) is 0 Å². The number of rotatable bonds is 2. The molecule has 0 aliphatic carbocycles. The largest absolute Gasteiger partial charge is 1.00 e. The van der Waals surface area contributed by atoms with E-state index < -0.39 is 0 Å². The molecule has 2 aromatic carbocycles. The van der Waals surface area contributed by atoms with Gasteiger partial charge in [0.1, 0.15) is 0 Å². The average molecular weight is 193 g/mol. The van der Waals surface area contributed by atoms with Crippen LogP contribution in [-0.2, 0) is 0 Å². The maximum Gasteiger partial charge on any atom is 1.00 e. The molecule has 0 atom stereocenters. The Morgan fingerprint density at radius 2 is 1.71 bits per heavy atom. The van der Waals surface area contributed by atoms with Crippen LogP contribution in [0.1, 0.15) is 6.92 Å². The van der Waals surface area contributed by atoms with Crippen molar-refractivity contribution < 1.29 is 29.6 Å². The Hall–Kier alpha value is -0.500. The van der Waals surface area contributed by atoms with Crippen LogP contribution in [0.15, 0.2) is 42.5 Å². The fourth-order valence-corrected chi connectivity index (χ4v) is 1.52. The minimum atomic E-state index is 0. The smallest absolute Gasteiger partial charge is 0.684 e. The van der Waals surface area contributed by atoms with Gasteiger partial charge >= 0.3 is 29.6 Å². The van der Waals surface area contributed by atoms with Crippen LogP contribution in [0.2, 0.25) is 0 Å². The topological polar surface area (TPSA) is 14.1 Å². The molecule has 2 rings (SSSR count). The van der Waals surface area contributed by atoms with Gasteiger partial charge in [-0.25, -0.2) is 0 Å². The van der Waals surface area contributed by atoms with E-state index in [0.29, 0.717) is 0 Å². The summed E-state index contributed by atoms with van der Waals surface area (Å²) < 4.78 is 0. The zero-order chi connectivity index (χ0) is 9.10. The summed E-state index contributed by atoms with van der Waals surface area (Å²) in [4.78, 5) is 0. The summed E-state index contributed by atoms with van der Waals surface area (Å²) in [6.07, 6.45) is 0. The van der Waals surface area contributed by atoms with Crippen molar-refractivity contribution in [3.63, 3.8) is 0 Å². The van der Waals surface area contributed by atoms with Crippen molar-refractivity contribution in [3.8, 4) is 0 Å². The van der Waals surface area contributed by atoms with Crippen LogP contribution in [0, 0.1) is 0 Å². The van der Waals surface area contributed by atoms with Crippen molar-refractivity contribution >= 4 is 16.5 Å². The van der Waals surface area contributed by atoms with E-state index in [4.69, 9.17) is 0 Å². The Morgan fingerprint density at radius 3 is 2.50 bits per heavy atom. The van der Waals surface area contributed by atoms with Crippen LogP contribution in [0.5, 0.6) is 0 Å². The average Bonchev–Trinajstić information content (AvgIpc) is 2.19. The van der Waals surface area contributed by atoms with Crippen LogP contribution in [0.3, 0.4) is 0 Å². The third-order valence-corrected chi connectivity index (χ3v) is 2.10. The predicted molar refractivity (Wildman–Crippen MR) is 57.5 cm³/mol. The van der Waals surface area contributed by atoms with Crippen molar-refractivity contribution in [2.75, 3.05) is 6.54 Å². The van der Waals surface area contributed by atoms with Gasteiger partial charge in [-0.2, -0.15) is 0 Å². The summed E-state index contributed by atoms with van der Waals surface area (Å²) in [5, 5.41) is 6.94. The van der Waals surface area contributed by atoms with Crippen molar-refractivity contribution in [1.82, 2.24) is 0 Å². The number of nitrogens with zero attached hydrogens (tertiary/aromatic N) is 1. The second kappa shape index (κ2) is 5.40. The molecule has 0 fully saturated rings. The minimum Gasteiger partial charge on any atom is -0.684 e. The van der Waals surface area contributed by atoms with E-state index in [0.717, 1.165) is 12.2 Å². The first kappa shape index (κ1) is 11.6. The summed E-state index contributed by atoms with van der Waals surface area (Å²) in [6, 6.07) is 14.6. The molecule has 1 nitrogen and oxygen atoms in total. The van der Waals surface area contributed by atoms with Gasteiger partial charge in [0, 0.05) is 0 Å². The van der Waals surface area contributed by atoms with Crippen LogP contribution in [0.4, 0.5) is 5.69 Å². The number of hydrogen-bond acceptors (Lipinski definition) is 0. The molecule has 0 aromatic heterocycles. The van der Waals surface area contributed by atoms with Crippen LogP contribution < -0.4 is 29.6 Å². The van der Waals surface area contributed by atoms with Gasteiger partial charge in [0.05, 0.1) is 0 Å². The minimum absolute atomic E-state index is 0. The molecule has 0 N–H and O–H groups in total. The standard InChI is InChI=1S/C12H12N.Na/c1-2-13-12-9-5-7-10-6-3-4-8-11(10)12;/h3-9H,2H2,1H3;/q-1;+1. The molecule has 2 heteroatoms. The first-order valence-corrected chi connectivity index (χ1v) is 4.57. The van der Waals surface area contributed by atoms with Crippen LogP contribution in [0.25, 0.3) is 16.1 Å². The first-order chi connectivity index (χ1) is 6.42. The molecule has 0 amide bonds. The second-order valence-corrected chi connectivity index (χ2v) is 2.97. The molecule has 66 valence electrons. The number of fused-ring (bicyclic) bond motifs is 1. The van der Waals surface area contributed by atoms with Gasteiger partial charge in [0.2, 0.25) is 0 Å². The number of hydrogen-bond donors (Lipinski definition) is 0. The van der Waals surface area contributed by atoms with Crippen molar-refractivity contribution in [2.24, 2.45) is 0 Å². The van der Waals surface area contributed by atoms with E-state index in [2.05, 4.69) is 54.7 Å². The maximum absolute atomic E-state index is 4.43. The third-order valence-electron chi connectivity index (χ3n) is 2.10. The Balaban J connectivity index is 0.000000980. The summed E-state index contributed by atoms with van der Waals surface area (Å²) in [5.41, 5.74) is 1.10. The van der Waals surface area contributed by atoms with Crippen molar-refractivity contribution in [1.29, 1.82) is 0 Å². The number of benzene rings is 2. The molecule has 0 unspecified atom stereocenters. The molecule has 2 aromatic rings. The predicted octanol–water partition coefficient (Wildman–Crippen LogP) is 0.869. The van der Waals surface area contributed by atoms with Gasteiger partial charge in [-0.1, -0.05) is 49.4 Å². The van der Waals surface area contributed by atoms with Crippen molar-refractivity contribution in [2.45, 2.75) is 6.92 Å². The molecule has 14 heavy (non-hydrogen) atoms.